The van der Waals surface area contributed by atoms with Crippen molar-refractivity contribution in [2.24, 2.45) is 5.73 Å². The lowest BCUT2D eigenvalue weighted by Gasteiger charge is -2.09. The summed E-state index contributed by atoms with van der Waals surface area (Å²) in [5, 5.41) is 8.89. The Kier molecular flexibility index (Phi) is 4.89. The Bertz CT molecular complexity index is 763. The molecule has 0 heterocycles. The molecular weight excluding hydrogens is 283 g/mol. The number of ether oxygens (including phenoxy) is 1. The Hall–Kier alpha value is -3.13. The molecule has 4 nitrogen and oxygen atoms in total. The van der Waals surface area contributed by atoms with Crippen LogP contribution in [0.3, 0.4) is 0 Å². The highest BCUT2D eigenvalue weighted by molar-refractivity contribution is 6.00. The predicted molar refractivity (Wildman–Crippen MR) is 80.0 cm³/mol. The van der Waals surface area contributed by atoms with Crippen LogP contribution in [0.15, 0.2) is 54.1 Å². The number of benzene rings is 2. The summed E-state index contributed by atoms with van der Waals surface area (Å²) < 4.78 is 18.8. The molecular formula is C17H13FN2O2. The van der Waals surface area contributed by atoms with Crippen molar-refractivity contribution < 1.29 is 13.9 Å². The fourth-order valence-electron chi connectivity index (χ4n) is 1.83. The van der Waals surface area contributed by atoms with Gasteiger partial charge in [0, 0.05) is 5.56 Å². The van der Waals surface area contributed by atoms with E-state index in [1.807, 2.05) is 0 Å². The molecule has 0 aromatic heterocycles. The van der Waals surface area contributed by atoms with Gasteiger partial charge in [0.1, 0.15) is 29.8 Å². The molecule has 110 valence electrons. The van der Waals surface area contributed by atoms with Gasteiger partial charge in [-0.15, -0.1) is 0 Å². The summed E-state index contributed by atoms with van der Waals surface area (Å²) in [5.41, 5.74) is 6.18. The van der Waals surface area contributed by atoms with E-state index in [0.29, 0.717) is 16.9 Å². The fourth-order valence-corrected chi connectivity index (χ4v) is 1.83. The maximum atomic E-state index is 13.1. The van der Waals surface area contributed by atoms with E-state index >= 15 is 0 Å². The van der Waals surface area contributed by atoms with E-state index in [9.17, 15) is 9.18 Å². The monoisotopic (exact) mass is 296 g/mol. The van der Waals surface area contributed by atoms with Gasteiger partial charge < -0.3 is 10.5 Å². The molecule has 2 rings (SSSR count). The second kappa shape index (κ2) is 7.04. The minimum Gasteiger partial charge on any atom is -0.488 e. The molecule has 2 aromatic rings. The van der Waals surface area contributed by atoms with Gasteiger partial charge in [0.05, 0.1) is 0 Å². The average Bonchev–Trinajstić information content (AvgIpc) is 2.51. The summed E-state index contributed by atoms with van der Waals surface area (Å²) in [5.74, 6) is -0.669. The molecule has 0 aliphatic rings. The fraction of sp³-hybridized carbons (Fsp3) is 0.0588. The molecule has 0 unspecified atom stereocenters. The zero-order valence-electron chi connectivity index (χ0n) is 11.6. The van der Waals surface area contributed by atoms with Crippen molar-refractivity contribution in [3.63, 3.8) is 0 Å². The topological polar surface area (TPSA) is 76.1 Å². The highest BCUT2D eigenvalue weighted by atomic mass is 19.1. The average molecular weight is 296 g/mol. The second-order valence-electron chi connectivity index (χ2n) is 4.49. The van der Waals surface area contributed by atoms with Crippen LogP contribution in [0.1, 0.15) is 11.1 Å². The van der Waals surface area contributed by atoms with Crippen molar-refractivity contribution in [3.05, 3.63) is 71.0 Å². The Morgan fingerprint density at radius 3 is 2.73 bits per heavy atom. The van der Waals surface area contributed by atoms with Crippen LogP contribution < -0.4 is 10.5 Å². The largest absolute Gasteiger partial charge is 0.488 e. The van der Waals surface area contributed by atoms with Crippen LogP contribution >= 0.6 is 0 Å². The van der Waals surface area contributed by atoms with Gasteiger partial charge in [-0.25, -0.2) is 4.39 Å². The Labute approximate surface area is 127 Å². The number of rotatable bonds is 5. The van der Waals surface area contributed by atoms with E-state index in [4.69, 9.17) is 15.7 Å². The maximum absolute atomic E-state index is 13.1. The number of halogens is 1. The zero-order chi connectivity index (χ0) is 15.9. The summed E-state index contributed by atoms with van der Waals surface area (Å²) in [4.78, 5) is 11.1. The van der Waals surface area contributed by atoms with E-state index in [1.54, 1.807) is 42.5 Å². The normalized spacial score (nSPS) is 10.8. The van der Waals surface area contributed by atoms with Crippen molar-refractivity contribution in [1.29, 1.82) is 5.26 Å². The zero-order valence-corrected chi connectivity index (χ0v) is 11.6. The van der Waals surface area contributed by atoms with Crippen molar-refractivity contribution in [2.45, 2.75) is 6.61 Å². The van der Waals surface area contributed by atoms with Gasteiger partial charge in [0.25, 0.3) is 5.91 Å². The molecule has 22 heavy (non-hydrogen) atoms. The molecule has 0 fully saturated rings. The molecule has 0 spiro atoms. The molecule has 2 aromatic carbocycles. The molecule has 0 saturated carbocycles. The van der Waals surface area contributed by atoms with Crippen molar-refractivity contribution in [1.82, 2.24) is 0 Å². The third-order valence-corrected chi connectivity index (χ3v) is 2.89. The highest BCUT2D eigenvalue weighted by Gasteiger charge is 2.07. The van der Waals surface area contributed by atoms with Crippen LogP contribution in [0.25, 0.3) is 6.08 Å². The van der Waals surface area contributed by atoms with Crippen LogP contribution in [0, 0.1) is 17.1 Å². The molecule has 0 bridgehead atoms. The molecule has 0 aliphatic heterocycles. The Morgan fingerprint density at radius 1 is 1.27 bits per heavy atom. The summed E-state index contributed by atoms with van der Waals surface area (Å²) >= 11 is 0. The number of nitriles is 1. The number of carbonyl (C=O) groups is 1. The standard InChI is InChI=1S/C17H13FN2O2/c18-15-6-3-4-12(8-15)11-22-16-7-2-1-5-13(16)9-14(10-19)17(20)21/h1-9H,11H2,(H2,20,21)/b14-9+. The van der Waals surface area contributed by atoms with E-state index in [-0.39, 0.29) is 18.0 Å². The number of hydrogen-bond acceptors (Lipinski definition) is 3. The lowest BCUT2D eigenvalue weighted by molar-refractivity contribution is -0.114. The van der Waals surface area contributed by atoms with Crippen molar-refractivity contribution in [2.75, 3.05) is 0 Å². The number of nitrogens with zero attached hydrogens (tertiary/aromatic N) is 1. The molecule has 0 radical (unpaired) electrons. The number of carbonyl (C=O) groups excluding carboxylic acids is 1. The molecule has 0 atom stereocenters. The number of primary amides is 1. The number of para-hydroxylation sites is 1. The molecule has 0 saturated heterocycles. The Balaban J connectivity index is 2.22. The maximum Gasteiger partial charge on any atom is 0.259 e. The first kappa shape index (κ1) is 15.3. The highest BCUT2D eigenvalue weighted by Crippen LogP contribution is 2.22. The minimum atomic E-state index is -0.803. The van der Waals surface area contributed by atoms with Crippen LogP contribution in [0.4, 0.5) is 4.39 Å². The van der Waals surface area contributed by atoms with Gasteiger partial charge in [-0.2, -0.15) is 5.26 Å². The predicted octanol–water partition coefficient (Wildman–Crippen LogP) is 2.80. The van der Waals surface area contributed by atoms with Gasteiger partial charge in [-0.05, 0) is 29.8 Å². The van der Waals surface area contributed by atoms with Crippen molar-refractivity contribution >= 4 is 12.0 Å². The lowest BCUT2D eigenvalue weighted by atomic mass is 10.1. The van der Waals surface area contributed by atoms with E-state index in [1.165, 1.54) is 18.2 Å². The van der Waals surface area contributed by atoms with E-state index in [2.05, 4.69) is 0 Å². The van der Waals surface area contributed by atoms with Gasteiger partial charge in [0.15, 0.2) is 0 Å². The molecule has 0 aliphatic carbocycles. The first-order chi connectivity index (χ1) is 10.6. The van der Waals surface area contributed by atoms with Crippen LogP contribution in [0.2, 0.25) is 0 Å². The first-order valence-corrected chi connectivity index (χ1v) is 6.48. The van der Waals surface area contributed by atoms with E-state index in [0.717, 1.165) is 0 Å². The van der Waals surface area contributed by atoms with Crippen molar-refractivity contribution in [3.8, 4) is 11.8 Å². The quantitative estimate of drug-likeness (QED) is 0.681. The first-order valence-electron chi connectivity index (χ1n) is 6.48. The molecule has 1 amide bonds. The minimum absolute atomic E-state index is 0.165. The summed E-state index contributed by atoms with van der Waals surface area (Å²) in [6, 6.07) is 14.7. The van der Waals surface area contributed by atoms with E-state index < -0.39 is 5.91 Å². The number of nitrogens with two attached hydrogens (primary N) is 1. The summed E-state index contributed by atoms with van der Waals surface area (Å²) in [6.45, 7) is 0.168. The van der Waals surface area contributed by atoms with Gasteiger partial charge in [0.2, 0.25) is 0 Å². The lowest BCUT2D eigenvalue weighted by Crippen LogP contribution is -2.12. The van der Waals surface area contributed by atoms with Crippen LogP contribution in [0.5, 0.6) is 5.75 Å². The van der Waals surface area contributed by atoms with Gasteiger partial charge in [-0.1, -0.05) is 30.3 Å². The molecule has 5 heteroatoms. The van der Waals surface area contributed by atoms with Gasteiger partial charge >= 0.3 is 0 Å². The molecule has 2 N–H and O–H groups in total. The third-order valence-electron chi connectivity index (χ3n) is 2.89. The number of amides is 1. The van der Waals surface area contributed by atoms with Crippen LogP contribution in [-0.4, -0.2) is 5.91 Å². The third kappa shape index (κ3) is 3.93. The Morgan fingerprint density at radius 2 is 2.05 bits per heavy atom. The summed E-state index contributed by atoms with van der Waals surface area (Å²) in [6.07, 6.45) is 1.36. The SMILES string of the molecule is N#C/C(=C\c1ccccc1OCc1cccc(F)c1)C(N)=O. The smallest absolute Gasteiger partial charge is 0.259 e. The second-order valence-corrected chi connectivity index (χ2v) is 4.49. The number of hydrogen-bond donors (Lipinski definition) is 1. The summed E-state index contributed by atoms with van der Waals surface area (Å²) in [7, 11) is 0. The van der Waals surface area contributed by atoms with Gasteiger partial charge in [-0.3, -0.25) is 4.79 Å². The van der Waals surface area contributed by atoms with Crippen LogP contribution in [-0.2, 0) is 11.4 Å².